The van der Waals surface area contributed by atoms with Crippen LogP contribution in [0.4, 0.5) is 5.69 Å². The highest BCUT2D eigenvalue weighted by Gasteiger charge is 2.73. The predicted molar refractivity (Wildman–Crippen MR) is 147 cm³/mol. The van der Waals surface area contributed by atoms with Gasteiger partial charge in [-0.15, -0.1) is 0 Å². The number of rotatable bonds is 7. The fourth-order valence-corrected chi connectivity index (χ4v) is 7.62. The number of carbonyl (C=O) groups is 2. The molecule has 5 rings (SSSR count). The molecular weight excluding hydrogens is 466 g/mol. The molecule has 3 saturated heterocycles. The van der Waals surface area contributed by atoms with E-state index in [1.165, 1.54) is 10.5 Å². The maximum absolute atomic E-state index is 14.1. The number of ether oxygens (including phenoxy) is 1. The molecule has 0 saturated carbocycles. The van der Waals surface area contributed by atoms with Gasteiger partial charge in [0, 0.05) is 12.0 Å². The summed E-state index contributed by atoms with van der Waals surface area (Å²) < 4.78 is 13.1. The second-order valence-corrected chi connectivity index (χ2v) is 17.7. The van der Waals surface area contributed by atoms with E-state index in [1.807, 2.05) is 31.2 Å². The van der Waals surface area contributed by atoms with Gasteiger partial charge in [0.15, 0.2) is 8.32 Å². The SMILES string of the molecule is CCCc1ccc(N2C(=O)[C@@H]3[C@H](C2=O)C2(C)CCC3(CCO[Si](C)(C)C(C)(C)C)O2)c2ccccc12. The maximum Gasteiger partial charge on any atom is 0.240 e. The third-order valence-corrected chi connectivity index (χ3v) is 14.1. The Kier molecular flexibility index (Phi) is 6.05. The van der Waals surface area contributed by atoms with E-state index in [9.17, 15) is 9.59 Å². The highest BCUT2D eigenvalue weighted by molar-refractivity contribution is 6.74. The van der Waals surface area contributed by atoms with Crippen LogP contribution >= 0.6 is 0 Å². The first-order valence-electron chi connectivity index (χ1n) is 13.6. The van der Waals surface area contributed by atoms with E-state index >= 15 is 0 Å². The molecule has 3 aliphatic heterocycles. The summed E-state index contributed by atoms with van der Waals surface area (Å²) in [6, 6.07) is 12.2. The molecule has 0 aliphatic carbocycles. The monoisotopic (exact) mass is 507 g/mol. The molecule has 6 heteroatoms. The van der Waals surface area contributed by atoms with Crippen LogP contribution in [-0.4, -0.2) is 37.9 Å². The maximum atomic E-state index is 14.1. The molecule has 2 aromatic rings. The van der Waals surface area contributed by atoms with Crippen LogP contribution in [0.2, 0.25) is 18.1 Å². The van der Waals surface area contributed by atoms with Crippen molar-refractivity contribution in [3.63, 3.8) is 0 Å². The average Bonchev–Trinajstić information content (AvgIpc) is 3.38. The van der Waals surface area contributed by atoms with Crippen molar-refractivity contribution in [1.29, 1.82) is 0 Å². The zero-order valence-corrected chi connectivity index (χ0v) is 23.9. The van der Waals surface area contributed by atoms with Crippen molar-refractivity contribution >= 4 is 36.6 Å². The number of imide groups is 1. The van der Waals surface area contributed by atoms with E-state index < -0.39 is 31.4 Å². The molecule has 0 aromatic heterocycles. The van der Waals surface area contributed by atoms with Crippen LogP contribution in [0.15, 0.2) is 36.4 Å². The molecule has 5 nitrogen and oxygen atoms in total. The van der Waals surface area contributed by atoms with Gasteiger partial charge in [0.25, 0.3) is 0 Å². The topological polar surface area (TPSA) is 55.8 Å². The summed E-state index contributed by atoms with van der Waals surface area (Å²) in [5.41, 5.74) is 0.749. The van der Waals surface area contributed by atoms with Crippen LogP contribution in [-0.2, 0) is 25.2 Å². The number of anilines is 1. The van der Waals surface area contributed by atoms with Crippen molar-refractivity contribution in [2.45, 2.75) is 96.1 Å². The number of amides is 2. The Morgan fingerprint density at radius 2 is 1.69 bits per heavy atom. The van der Waals surface area contributed by atoms with Gasteiger partial charge in [0.05, 0.1) is 28.7 Å². The lowest BCUT2D eigenvalue weighted by atomic mass is 9.67. The fourth-order valence-electron chi connectivity index (χ4n) is 6.57. The molecule has 3 fully saturated rings. The molecule has 2 unspecified atom stereocenters. The lowest BCUT2D eigenvalue weighted by molar-refractivity contribution is -0.131. The molecule has 2 amide bonds. The van der Waals surface area contributed by atoms with Crippen molar-refractivity contribution in [3.05, 3.63) is 42.0 Å². The molecule has 2 bridgehead atoms. The summed E-state index contributed by atoms with van der Waals surface area (Å²) in [5, 5.41) is 2.21. The van der Waals surface area contributed by atoms with Gasteiger partial charge in [-0.3, -0.25) is 9.59 Å². The van der Waals surface area contributed by atoms with Crippen LogP contribution in [0, 0.1) is 11.8 Å². The van der Waals surface area contributed by atoms with Crippen LogP contribution < -0.4 is 4.90 Å². The second-order valence-electron chi connectivity index (χ2n) is 12.8. The smallest absolute Gasteiger partial charge is 0.240 e. The summed E-state index contributed by atoms with van der Waals surface area (Å²) in [4.78, 5) is 29.5. The predicted octanol–water partition coefficient (Wildman–Crippen LogP) is 6.63. The lowest BCUT2D eigenvalue weighted by Crippen LogP contribution is -2.45. The first-order chi connectivity index (χ1) is 16.9. The number of fused-ring (bicyclic) bond motifs is 6. The third kappa shape index (κ3) is 3.71. The van der Waals surface area contributed by atoms with E-state index in [-0.39, 0.29) is 16.9 Å². The number of aryl methyl sites for hydroxylation is 1. The standard InChI is InChI=1S/C30H41NO4Si/c1-8-11-20-14-15-23(22-13-10-9-12-21(20)22)31-26(32)24-25(27(31)33)30(17-16-29(24,5)35-30)18-19-34-36(6,7)28(2,3)4/h9-10,12-15,24-25H,8,11,16-19H2,1-7H3/t24-,25+,29?,30?/m1/s1. The zero-order chi connectivity index (χ0) is 26.1. The summed E-state index contributed by atoms with van der Waals surface area (Å²) in [6.45, 7) is 16.0. The van der Waals surface area contributed by atoms with Gasteiger partial charge in [-0.25, -0.2) is 4.90 Å². The minimum absolute atomic E-state index is 0.103. The van der Waals surface area contributed by atoms with Crippen LogP contribution in [0.5, 0.6) is 0 Å². The van der Waals surface area contributed by atoms with Crippen LogP contribution in [0.1, 0.15) is 65.9 Å². The number of carbonyl (C=O) groups excluding carboxylic acids is 2. The Morgan fingerprint density at radius 1 is 1.03 bits per heavy atom. The number of hydrogen-bond acceptors (Lipinski definition) is 4. The largest absolute Gasteiger partial charge is 0.417 e. The molecule has 4 atom stereocenters. The molecule has 194 valence electrons. The van der Waals surface area contributed by atoms with Gasteiger partial charge < -0.3 is 9.16 Å². The highest BCUT2D eigenvalue weighted by atomic mass is 28.4. The van der Waals surface area contributed by atoms with E-state index in [4.69, 9.17) is 9.16 Å². The number of hydrogen-bond donors (Lipinski definition) is 0. The van der Waals surface area contributed by atoms with Gasteiger partial charge >= 0.3 is 0 Å². The Morgan fingerprint density at radius 3 is 2.36 bits per heavy atom. The molecule has 3 heterocycles. The number of nitrogens with zero attached hydrogens (tertiary/aromatic N) is 1. The Labute approximate surface area is 216 Å². The van der Waals surface area contributed by atoms with Crippen molar-refractivity contribution in [1.82, 2.24) is 0 Å². The van der Waals surface area contributed by atoms with Gasteiger partial charge in [-0.2, -0.15) is 0 Å². The average molecular weight is 508 g/mol. The van der Waals surface area contributed by atoms with Crippen LogP contribution in [0.25, 0.3) is 10.8 Å². The van der Waals surface area contributed by atoms with E-state index in [2.05, 4.69) is 52.9 Å². The normalized spacial score (nSPS) is 30.0. The minimum atomic E-state index is -1.92. The highest BCUT2D eigenvalue weighted by Crippen LogP contribution is 2.62. The summed E-state index contributed by atoms with van der Waals surface area (Å²) in [6.07, 6.45) is 4.27. The van der Waals surface area contributed by atoms with E-state index in [0.717, 1.165) is 36.5 Å². The zero-order valence-electron chi connectivity index (χ0n) is 22.9. The molecular formula is C30H41NO4Si. The van der Waals surface area contributed by atoms with Crippen molar-refractivity contribution < 1.29 is 18.8 Å². The quantitative estimate of drug-likeness (QED) is 0.312. The van der Waals surface area contributed by atoms with E-state index in [1.54, 1.807) is 0 Å². The van der Waals surface area contributed by atoms with Crippen molar-refractivity contribution in [2.75, 3.05) is 11.5 Å². The third-order valence-electron chi connectivity index (χ3n) is 9.56. The first kappa shape index (κ1) is 25.6. The Hall–Kier alpha value is -2.02. The minimum Gasteiger partial charge on any atom is -0.417 e. The first-order valence-corrected chi connectivity index (χ1v) is 16.5. The Bertz CT molecular complexity index is 1220. The van der Waals surface area contributed by atoms with Crippen LogP contribution in [0.3, 0.4) is 0 Å². The second kappa shape index (κ2) is 8.50. The number of benzene rings is 2. The van der Waals surface area contributed by atoms with Crippen molar-refractivity contribution in [2.24, 2.45) is 11.8 Å². The molecule has 0 radical (unpaired) electrons. The molecule has 36 heavy (non-hydrogen) atoms. The lowest BCUT2D eigenvalue weighted by Gasteiger charge is -2.38. The summed E-state index contributed by atoms with van der Waals surface area (Å²) in [5.74, 6) is -1.08. The summed E-state index contributed by atoms with van der Waals surface area (Å²) in [7, 11) is -1.92. The van der Waals surface area contributed by atoms with Gasteiger partial charge in [-0.1, -0.05) is 64.4 Å². The van der Waals surface area contributed by atoms with E-state index in [0.29, 0.717) is 18.7 Å². The van der Waals surface area contributed by atoms with Gasteiger partial charge in [-0.05, 0) is 67.8 Å². The molecule has 3 aliphatic rings. The Balaban J connectivity index is 1.48. The summed E-state index contributed by atoms with van der Waals surface area (Å²) >= 11 is 0. The van der Waals surface area contributed by atoms with Crippen molar-refractivity contribution in [3.8, 4) is 0 Å². The fraction of sp³-hybridized carbons (Fsp3) is 0.600. The molecule has 0 spiro atoms. The molecule has 2 aromatic carbocycles. The van der Waals surface area contributed by atoms with Gasteiger partial charge in [0.2, 0.25) is 11.8 Å². The van der Waals surface area contributed by atoms with Gasteiger partial charge in [0.1, 0.15) is 0 Å². The molecule has 0 N–H and O–H groups in total.